The maximum atomic E-state index is 13.3. The second kappa shape index (κ2) is 7.32. The molecule has 0 radical (unpaired) electrons. The number of hydrogen-bond acceptors (Lipinski definition) is 5. The van der Waals surface area contributed by atoms with Crippen LogP contribution in [-0.2, 0) is 14.3 Å². The molecule has 0 aliphatic carbocycles. The molecule has 1 aromatic carbocycles. The van der Waals surface area contributed by atoms with Gasteiger partial charge in [-0.1, -0.05) is 36.4 Å². The molecule has 1 amide bonds. The predicted molar refractivity (Wildman–Crippen MR) is 96.8 cm³/mol. The summed E-state index contributed by atoms with van der Waals surface area (Å²) < 4.78 is 10.7. The van der Waals surface area contributed by atoms with Gasteiger partial charge in [0.2, 0.25) is 11.3 Å². The van der Waals surface area contributed by atoms with Crippen molar-refractivity contribution >= 4 is 17.8 Å². The summed E-state index contributed by atoms with van der Waals surface area (Å²) in [5.74, 6) is -1.32. The minimum atomic E-state index is -1.87. The molecular formula is C20H25NO5. The Morgan fingerprint density at radius 3 is 2.27 bits per heavy atom. The third kappa shape index (κ3) is 3.95. The molecule has 1 atom stereocenters. The number of hydrogen-bond donors (Lipinski definition) is 0. The summed E-state index contributed by atoms with van der Waals surface area (Å²) in [6.07, 6.45) is 1.86. The third-order valence-electron chi connectivity index (χ3n) is 3.72. The molecule has 140 valence electrons. The van der Waals surface area contributed by atoms with Gasteiger partial charge in [-0.3, -0.25) is 9.69 Å². The minimum Gasteiger partial charge on any atom is -0.461 e. The van der Waals surface area contributed by atoms with Crippen LogP contribution in [0.5, 0.6) is 0 Å². The van der Waals surface area contributed by atoms with E-state index >= 15 is 0 Å². The van der Waals surface area contributed by atoms with E-state index in [-0.39, 0.29) is 6.54 Å². The van der Waals surface area contributed by atoms with E-state index in [0.29, 0.717) is 5.56 Å². The van der Waals surface area contributed by atoms with E-state index in [0.717, 1.165) is 4.90 Å². The molecule has 0 aromatic heterocycles. The summed E-state index contributed by atoms with van der Waals surface area (Å²) in [5.41, 5.74) is -2.31. The van der Waals surface area contributed by atoms with Crippen LogP contribution >= 0.6 is 0 Å². The molecule has 6 nitrogen and oxygen atoms in total. The Hall–Kier alpha value is -2.63. The van der Waals surface area contributed by atoms with Gasteiger partial charge < -0.3 is 9.47 Å². The first-order valence-corrected chi connectivity index (χ1v) is 8.57. The molecule has 0 bridgehead atoms. The second-order valence-corrected chi connectivity index (χ2v) is 7.41. The van der Waals surface area contributed by atoms with Crippen LogP contribution in [0.25, 0.3) is 0 Å². The van der Waals surface area contributed by atoms with Crippen molar-refractivity contribution in [1.82, 2.24) is 4.90 Å². The molecule has 6 heteroatoms. The number of rotatable bonds is 4. The van der Waals surface area contributed by atoms with Crippen molar-refractivity contribution in [3.05, 3.63) is 48.0 Å². The highest BCUT2D eigenvalue weighted by molar-refractivity contribution is 6.20. The molecule has 1 aromatic rings. The Balaban J connectivity index is 2.49. The van der Waals surface area contributed by atoms with Crippen LogP contribution in [0.2, 0.25) is 0 Å². The molecule has 1 aliphatic heterocycles. The summed E-state index contributed by atoms with van der Waals surface area (Å²) >= 11 is 0. The van der Waals surface area contributed by atoms with Crippen LogP contribution in [-0.4, -0.2) is 46.5 Å². The van der Waals surface area contributed by atoms with Crippen LogP contribution in [0, 0.1) is 0 Å². The van der Waals surface area contributed by atoms with Gasteiger partial charge in [0.25, 0.3) is 0 Å². The van der Waals surface area contributed by atoms with Crippen LogP contribution in [0.1, 0.15) is 45.0 Å². The largest absolute Gasteiger partial charge is 0.461 e. The van der Waals surface area contributed by atoms with Gasteiger partial charge in [0.05, 0.1) is 6.10 Å². The van der Waals surface area contributed by atoms with E-state index in [1.165, 1.54) is 6.08 Å². The highest BCUT2D eigenvalue weighted by atomic mass is 16.6. The van der Waals surface area contributed by atoms with Gasteiger partial charge >= 0.3 is 12.1 Å². The summed E-state index contributed by atoms with van der Waals surface area (Å²) in [6.45, 7) is 8.63. The molecule has 0 saturated heterocycles. The number of Topliss-reactive ketones (excluding diaryl/α,β-unsaturated/α-hetero) is 1. The lowest BCUT2D eigenvalue weighted by Gasteiger charge is -2.36. The van der Waals surface area contributed by atoms with Crippen LogP contribution in [0.15, 0.2) is 42.5 Å². The first kappa shape index (κ1) is 19.7. The Labute approximate surface area is 153 Å². The van der Waals surface area contributed by atoms with Crippen molar-refractivity contribution in [2.24, 2.45) is 0 Å². The number of nitrogens with zero attached hydrogens (tertiary/aromatic N) is 1. The summed E-state index contributed by atoms with van der Waals surface area (Å²) in [7, 11) is 0. The zero-order chi connectivity index (χ0) is 19.5. The maximum absolute atomic E-state index is 13.3. The number of ether oxygens (including phenoxy) is 2. The number of benzene rings is 1. The molecule has 1 aliphatic rings. The summed E-state index contributed by atoms with van der Waals surface area (Å²) in [4.78, 5) is 40.0. The number of ketones is 1. The van der Waals surface area contributed by atoms with Gasteiger partial charge in [-0.25, -0.2) is 9.59 Å². The van der Waals surface area contributed by atoms with Crippen LogP contribution in [0.3, 0.4) is 0 Å². The Bertz CT molecular complexity index is 717. The van der Waals surface area contributed by atoms with Crippen molar-refractivity contribution in [2.45, 2.75) is 51.9 Å². The first-order chi connectivity index (χ1) is 12.1. The van der Waals surface area contributed by atoms with Crippen LogP contribution in [0.4, 0.5) is 4.79 Å². The number of esters is 1. The normalized spacial score (nSPS) is 19.5. The zero-order valence-electron chi connectivity index (χ0n) is 15.8. The van der Waals surface area contributed by atoms with E-state index in [1.807, 2.05) is 0 Å². The number of carbonyl (C=O) groups is 3. The third-order valence-corrected chi connectivity index (χ3v) is 3.72. The molecule has 0 saturated carbocycles. The Kier molecular flexibility index (Phi) is 5.54. The smallest absolute Gasteiger partial charge is 0.412 e. The van der Waals surface area contributed by atoms with Gasteiger partial charge in [-0.2, -0.15) is 0 Å². The van der Waals surface area contributed by atoms with Crippen molar-refractivity contribution in [3.8, 4) is 0 Å². The second-order valence-electron chi connectivity index (χ2n) is 7.41. The number of carbonyl (C=O) groups excluding carboxylic acids is 3. The predicted octanol–water partition coefficient (Wildman–Crippen LogP) is 3.37. The van der Waals surface area contributed by atoms with Crippen molar-refractivity contribution in [1.29, 1.82) is 0 Å². The quantitative estimate of drug-likeness (QED) is 0.357. The van der Waals surface area contributed by atoms with Crippen molar-refractivity contribution < 1.29 is 23.9 Å². The molecular weight excluding hydrogens is 334 g/mol. The minimum absolute atomic E-state index is 0.0840. The average molecular weight is 359 g/mol. The lowest BCUT2D eigenvalue weighted by molar-refractivity contribution is -0.155. The molecule has 2 rings (SSSR count). The van der Waals surface area contributed by atoms with Crippen LogP contribution < -0.4 is 0 Å². The summed E-state index contributed by atoms with van der Waals surface area (Å²) in [5, 5.41) is 0. The van der Waals surface area contributed by atoms with Gasteiger partial charge in [-0.05, 0) is 40.7 Å². The van der Waals surface area contributed by atoms with Crippen molar-refractivity contribution in [2.75, 3.05) is 6.54 Å². The van der Waals surface area contributed by atoms with E-state index < -0.39 is 35.1 Å². The molecule has 1 unspecified atom stereocenters. The molecule has 26 heavy (non-hydrogen) atoms. The average Bonchev–Trinajstić information content (AvgIpc) is 2.99. The first-order valence-electron chi connectivity index (χ1n) is 8.57. The van der Waals surface area contributed by atoms with Gasteiger partial charge in [0.15, 0.2) is 0 Å². The van der Waals surface area contributed by atoms with E-state index in [1.54, 1.807) is 71.0 Å². The monoisotopic (exact) mass is 359 g/mol. The lowest BCUT2D eigenvalue weighted by Crippen LogP contribution is -2.60. The lowest BCUT2D eigenvalue weighted by atomic mass is 9.89. The standard InChI is InChI=1S/C20H25NO5/c1-14(2)25-17(23)20(16(22)15-10-7-6-8-11-15)12-9-13-21(20)18(24)26-19(3,4)5/h6-12,14H,13H2,1-5H3. The Morgan fingerprint density at radius 1 is 1.12 bits per heavy atom. The van der Waals surface area contributed by atoms with E-state index in [2.05, 4.69) is 0 Å². The van der Waals surface area contributed by atoms with Gasteiger partial charge in [0, 0.05) is 12.1 Å². The van der Waals surface area contributed by atoms with Gasteiger partial charge in [0.1, 0.15) is 5.60 Å². The SMILES string of the molecule is CC(C)OC(=O)C1(C(=O)c2ccccc2)C=CCN1C(=O)OC(C)(C)C. The topological polar surface area (TPSA) is 72.9 Å². The fourth-order valence-electron chi connectivity index (χ4n) is 2.68. The highest BCUT2D eigenvalue weighted by Crippen LogP contribution is 2.31. The molecule has 0 spiro atoms. The fourth-order valence-corrected chi connectivity index (χ4v) is 2.68. The number of amides is 1. The molecule has 0 fully saturated rings. The zero-order valence-corrected chi connectivity index (χ0v) is 15.8. The highest BCUT2D eigenvalue weighted by Gasteiger charge is 2.55. The fraction of sp³-hybridized carbons (Fsp3) is 0.450. The van der Waals surface area contributed by atoms with Gasteiger partial charge in [-0.15, -0.1) is 0 Å². The summed E-state index contributed by atoms with van der Waals surface area (Å²) in [6, 6.07) is 8.38. The van der Waals surface area contributed by atoms with Crippen molar-refractivity contribution in [3.63, 3.8) is 0 Å². The Morgan fingerprint density at radius 2 is 1.73 bits per heavy atom. The maximum Gasteiger partial charge on any atom is 0.412 e. The van der Waals surface area contributed by atoms with E-state index in [4.69, 9.17) is 9.47 Å². The molecule has 0 N–H and O–H groups in total. The molecule has 1 heterocycles. The van der Waals surface area contributed by atoms with E-state index in [9.17, 15) is 14.4 Å².